The number of methoxy groups -OCH3 is 1. The summed E-state index contributed by atoms with van der Waals surface area (Å²) < 4.78 is 69.4. The lowest BCUT2D eigenvalue weighted by Crippen LogP contribution is -2.43. The molecule has 1 N–H and O–H groups in total. The third-order valence-electron chi connectivity index (χ3n) is 7.88. The Hall–Kier alpha value is -4.48. The van der Waals surface area contributed by atoms with E-state index in [1.807, 2.05) is 0 Å². The molecule has 1 aliphatic rings. The third kappa shape index (κ3) is 8.80. The van der Waals surface area contributed by atoms with Crippen LogP contribution in [0.3, 0.4) is 0 Å². The van der Waals surface area contributed by atoms with Gasteiger partial charge in [0, 0.05) is 25.1 Å². The number of hydrogen-bond donors (Lipinski definition) is 1. The highest BCUT2D eigenvalue weighted by molar-refractivity contribution is 5.98. The average Bonchev–Trinajstić information content (AvgIpc) is 3.03. The van der Waals surface area contributed by atoms with Gasteiger partial charge in [-0.2, -0.15) is 13.2 Å². The highest BCUT2D eigenvalue weighted by atomic mass is 19.4. The molecule has 0 radical (unpaired) electrons. The normalized spacial score (nSPS) is 20.6. The van der Waals surface area contributed by atoms with Crippen molar-refractivity contribution in [3.63, 3.8) is 0 Å². The van der Waals surface area contributed by atoms with Gasteiger partial charge in [-0.1, -0.05) is 30.7 Å². The van der Waals surface area contributed by atoms with Crippen LogP contribution in [-0.4, -0.2) is 42.1 Å². The Morgan fingerprint density at radius 2 is 1.64 bits per heavy atom. The molecule has 3 aromatic rings. The molecule has 4 rings (SSSR count). The number of carbonyl (C=O) groups is 3. The molecule has 1 saturated heterocycles. The first-order valence-electron chi connectivity index (χ1n) is 14.5. The Morgan fingerprint density at radius 1 is 1.00 bits per heavy atom. The topological polar surface area (TPSA) is 104 Å². The molecule has 0 spiro atoms. The van der Waals surface area contributed by atoms with Gasteiger partial charge < -0.3 is 19.5 Å². The number of nitrogens with one attached hydrogen (secondary N) is 1. The minimum absolute atomic E-state index is 0.103. The molecule has 240 valence electrons. The van der Waals surface area contributed by atoms with E-state index in [0.717, 1.165) is 24.6 Å². The summed E-state index contributed by atoms with van der Waals surface area (Å²) >= 11 is 0. The predicted octanol–water partition coefficient (Wildman–Crippen LogP) is 6.11. The fourth-order valence-electron chi connectivity index (χ4n) is 5.62. The lowest BCUT2D eigenvalue weighted by molar-refractivity contribution is -0.153. The highest BCUT2D eigenvalue weighted by Crippen LogP contribution is 2.35. The molecule has 1 fully saturated rings. The second-order valence-corrected chi connectivity index (χ2v) is 11.0. The number of amides is 1. The fraction of sp³-hybridized carbons (Fsp3) is 0.394. The molecule has 1 amide bonds. The summed E-state index contributed by atoms with van der Waals surface area (Å²) in [6.07, 6.45) is -1.72. The van der Waals surface area contributed by atoms with E-state index in [0.29, 0.717) is 31.2 Å². The molecule has 2 heterocycles. The Labute approximate surface area is 258 Å². The van der Waals surface area contributed by atoms with Gasteiger partial charge >= 0.3 is 18.1 Å². The molecule has 2 aromatic carbocycles. The van der Waals surface area contributed by atoms with Crippen molar-refractivity contribution in [2.24, 2.45) is 11.8 Å². The maximum Gasteiger partial charge on any atom is 0.416 e. The summed E-state index contributed by atoms with van der Waals surface area (Å²) in [6, 6.07) is 11.3. The number of hydrogen-bond acceptors (Lipinski definition) is 7. The van der Waals surface area contributed by atoms with E-state index >= 15 is 0 Å². The fourth-order valence-corrected chi connectivity index (χ4v) is 5.62. The maximum absolute atomic E-state index is 13.6. The van der Waals surface area contributed by atoms with Crippen LogP contribution in [-0.2, 0) is 33.3 Å². The second kappa shape index (κ2) is 14.5. The summed E-state index contributed by atoms with van der Waals surface area (Å²) in [6.45, 7) is 2.90. The number of alkyl halides is 3. The van der Waals surface area contributed by atoms with E-state index in [9.17, 15) is 31.9 Å². The zero-order chi connectivity index (χ0) is 32.7. The first-order valence-corrected chi connectivity index (χ1v) is 14.5. The molecule has 45 heavy (non-hydrogen) atoms. The molecule has 0 saturated carbocycles. The van der Waals surface area contributed by atoms with Crippen LogP contribution >= 0.6 is 0 Å². The van der Waals surface area contributed by atoms with Crippen molar-refractivity contribution in [1.29, 1.82) is 0 Å². The maximum atomic E-state index is 13.6. The van der Waals surface area contributed by atoms with Crippen LogP contribution < -0.4 is 14.8 Å². The quantitative estimate of drug-likeness (QED) is 0.237. The van der Waals surface area contributed by atoms with E-state index in [1.54, 1.807) is 19.1 Å². The van der Waals surface area contributed by atoms with Gasteiger partial charge in [0.15, 0.2) is 11.4 Å². The third-order valence-corrected chi connectivity index (χ3v) is 7.88. The second-order valence-electron chi connectivity index (χ2n) is 11.0. The van der Waals surface area contributed by atoms with E-state index in [2.05, 4.69) is 10.3 Å². The van der Waals surface area contributed by atoms with Gasteiger partial charge in [0.1, 0.15) is 18.0 Å². The zero-order valence-corrected chi connectivity index (χ0v) is 25.0. The molecule has 8 nitrogen and oxygen atoms in total. The minimum atomic E-state index is -4.46. The summed E-state index contributed by atoms with van der Waals surface area (Å²) in [5.74, 6) is -3.02. The highest BCUT2D eigenvalue weighted by Gasteiger charge is 2.36. The molecule has 0 bridgehead atoms. The molecule has 1 aromatic heterocycles. The molecule has 1 aliphatic heterocycles. The first-order chi connectivity index (χ1) is 21.3. The lowest BCUT2D eigenvalue weighted by Gasteiger charge is -2.31. The number of pyridine rings is 1. The van der Waals surface area contributed by atoms with Crippen LogP contribution in [0.25, 0.3) is 0 Å². The number of cyclic esters (lactones) is 1. The number of esters is 2. The van der Waals surface area contributed by atoms with Crippen molar-refractivity contribution in [3.05, 3.63) is 89.0 Å². The van der Waals surface area contributed by atoms with E-state index in [-0.39, 0.29) is 35.4 Å². The van der Waals surface area contributed by atoms with Crippen LogP contribution in [0.5, 0.6) is 11.5 Å². The standard InChI is InChI=1S/C33H34F4N2O6/c1-19-26(18-22-9-13-25(34)14-10-22)23(17-21-7-11-24(12-8-21)33(35,36)37)5-4-6-27(32(42)44-19)39-31(41)29-30(45-20(2)40)28(43-3)15-16-38-29/h7-16,19,23,26-27H,4-6,17-18H2,1-3H3,(H,39,41)/t19-,23+,26-,27-/m0/s1. The zero-order valence-electron chi connectivity index (χ0n) is 25.0. The first kappa shape index (κ1) is 33.4. The molecular formula is C33H34F4N2O6. The Kier molecular flexibility index (Phi) is 10.8. The van der Waals surface area contributed by atoms with Crippen LogP contribution in [0.4, 0.5) is 17.6 Å². The predicted molar refractivity (Wildman–Crippen MR) is 155 cm³/mol. The Morgan fingerprint density at radius 3 is 2.27 bits per heavy atom. The van der Waals surface area contributed by atoms with Crippen molar-refractivity contribution in [1.82, 2.24) is 10.3 Å². The number of rotatable bonds is 8. The molecule has 12 heteroatoms. The summed E-state index contributed by atoms with van der Waals surface area (Å²) in [7, 11) is 1.34. The van der Waals surface area contributed by atoms with E-state index in [1.165, 1.54) is 43.6 Å². The number of aromatic nitrogens is 1. The monoisotopic (exact) mass is 630 g/mol. The minimum Gasteiger partial charge on any atom is -0.493 e. The number of halogens is 4. The largest absolute Gasteiger partial charge is 0.493 e. The number of ether oxygens (including phenoxy) is 3. The van der Waals surface area contributed by atoms with Gasteiger partial charge in [0.2, 0.25) is 5.75 Å². The van der Waals surface area contributed by atoms with Crippen molar-refractivity contribution in [2.45, 2.75) is 64.3 Å². The van der Waals surface area contributed by atoms with Crippen LogP contribution in [0.1, 0.15) is 60.3 Å². The molecular weight excluding hydrogens is 596 g/mol. The Balaban J connectivity index is 1.58. The average molecular weight is 631 g/mol. The smallest absolute Gasteiger partial charge is 0.416 e. The van der Waals surface area contributed by atoms with Crippen LogP contribution in [0.15, 0.2) is 60.8 Å². The van der Waals surface area contributed by atoms with Gasteiger partial charge in [-0.05, 0) is 73.9 Å². The SMILES string of the molecule is COc1ccnc(C(=O)N[C@H]2CCC[C@H](Cc3ccc(C(F)(F)F)cc3)[C@@H](Cc3ccc(F)cc3)[C@H](C)OC2=O)c1OC(C)=O. The van der Waals surface area contributed by atoms with Gasteiger partial charge in [-0.15, -0.1) is 0 Å². The van der Waals surface area contributed by atoms with E-state index in [4.69, 9.17) is 14.2 Å². The summed E-state index contributed by atoms with van der Waals surface area (Å²) in [5.41, 5.74) is 0.515. The van der Waals surface area contributed by atoms with Gasteiger partial charge in [0.05, 0.1) is 12.7 Å². The van der Waals surface area contributed by atoms with Gasteiger partial charge in [-0.25, -0.2) is 14.2 Å². The van der Waals surface area contributed by atoms with Crippen molar-refractivity contribution in [2.75, 3.05) is 7.11 Å². The van der Waals surface area contributed by atoms with Crippen molar-refractivity contribution in [3.8, 4) is 11.5 Å². The van der Waals surface area contributed by atoms with E-state index < -0.39 is 47.5 Å². The molecule has 4 atom stereocenters. The number of nitrogens with zero attached hydrogens (tertiary/aromatic N) is 1. The Bertz CT molecular complexity index is 1490. The number of benzene rings is 2. The lowest BCUT2D eigenvalue weighted by atomic mass is 9.77. The van der Waals surface area contributed by atoms with Crippen molar-refractivity contribution < 1.29 is 46.2 Å². The van der Waals surface area contributed by atoms with Gasteiger partial charge in [-0.3, -0.25) is 9.59 Å². The number of carbonyl (C=O) groups excluding carboxylic acids is 3. The van der Waals surface area contributed by atoms with Crippen LogP contribution in [0.2, 0.25) is 0 Å². The summed E-state index contributed by atoms with van der Waals surface area (Å²) in [5, 5.41) is 2.65. The molecule has 0 aliphatic carbocycles. The van der Waals surface area contributed by atoms with Gasteiger partial charge in [0.25, 0.3) is 5.91 Å². The van der Waals surface area contributed by atoms with Crippen molar-refractivity contribution >= 4 is 17.8 Å². The molecule has 0 unspecified atom stereocenters. The summed E-state index contributed by atoms with van der Waals surface area (Å²) in [4.78, 5) is 42.4. The van der Waals surface area contributed by atoms with Crippen LogP contribution in [0, 0.1) is 17.7 Å².